The van der Waals surface area contributed by atoms with Crippen molar-refractivity contribution in [2.45, 2.75) is 89.9 Å². The van der Waals surface area contributed by atoms with Crippen molar-refractivity contribution in [3.63, 3.8) is 0 Å². The second-order valence-corrected chi connectivity index (χ2v) is 22.4. The second kappa shape index (κ2) is 37.9. The van der Waals surface area contributed by atoms with Gasteiger partial charge in [0, 0.05) is 112 Å². The van der Waals surface area contributed by atoms with Crippen LogP contribution in [0.5, 0.6) is 0 Å². The van der Waals surface area contributed by atoms with Crippen LogP contribution in [0.2, 0.25) is 0 Å². The van der Waals surface area contributed by atoms with E-state index in [4.69, 9.17) is 0 Å². The molecular weight excluding hydrogens is 1120 g/mol. The maximum Gasteiger partial charge on any atom is 0.195 e. The van der Waals surface area contributed by atoms with Crippen molar-refractivity contribution in [2.24, 2.45) is 0 Å². The molecule has 10 heteroatoms. The Kier molecular flexibility index (Phi) is 28.2. The largest absolute Gasteiger partial charge is 0.388 e. The van der Waals surface area contributed by atoms with E-state index in [9.17, 15) is 24.0 Å². The Bertz CT molecular complexity index is 3750. The zero-order chi connectivity index (χ0) is 64.1. The van der Waals surface area contributed by atoms with E-state index < -0.39 is 0 Å². The molecule has 9 aromatic rings. The number of hydrogen-bond donors (Lipinski definition) is 5. The van der Waals surface area contributed by atoms with Gasteiger partial charge in [0.2, 0.25) is 0 Å². The summed E-state index contributed by atoms with van der Waals surface area (Å²) in [4.78, 5) is 59.6. The minimum Gasteiger partial charge on any atom is -0.388 e. The third-order valence-electron chi connectivity index (χ3n) is 14.7. The molecule has 91 heavy (non-hydrogen) atoms. The van der Waals surface area contributed by atoms with Crippen molar-refractivity contribution in [1.29, 1.82) is 0 Å². The average molecular weight is 1210 g/mol. The van der Waals surface area contributed by atoms with Crippen LogP contribution in [0.15, 0.2) is 310 Å². The van der Waals surface area contributed by atoms with Gasteiger partial charge in [0.1, 0.15) is 0 Å². The van der Waals surface area contributed by atoms with E-state index in [2.05, 4.69) is 58.6 Å². The maximum absolute atomic E-state index is 12.7. The Balaban J connectivity index is 0.000000163. The lowest BCUT2D eigenvalue weighted by molar-refractivity contribution is 0.103. The summed E-state index contributed by atoms with van der Waals surface area (Å²) in [5.74, 6) is 0.155. The summed E-state index contributed by atoms with van der Waals surface area (Å²) in [6.07, 6.45) is 22.2. The summed E-state index contributed by atoms with van der Waals surface area (Å²) in [6.45, 7) is 6.94. The highest BCUT2D eigenvalue weighted by molar-refractivity contribution is 6.12. The number of carbonyl (C=O) groups is 5. The second-order valence-electron chi connectivity index (χ2n) is 22.4. The van der Waals surface area contributed by atoms with E-state index in [1.165, 1.54) is 61.6 Å². The Labute approximate surface area is 538 Å². The fraction of sp³-hybridized carbons (Fsp3) is 0.173. The molecule has 462 valence electrons. The van der Waals surface area contributed by atoms with E-state index in [-0.39, 0.29) is 34.5 Å². The van der Waals surface area contributed by atoms with Crippen LogP contribution < -0.4 is 26.6 Å². The van der Waals surface area contributed by atoms with Crippen molar-refractivity contribution in [3.8, 4) is 0 Å². The first kappa shape index (κ1) is 67.8. The Morgan fingerprint density at radius 1 is 0.407 bits per heavy atom. The van der Waals surface area contributed by atoms with E-state index >= 15 is 0 Å². The molecule has 10 nitrogen and oxygen atoms in total. The van der Waals surface area contributed by atoms with Gasteiger partial charge < -0.3 is 26.6 Å². The van der Waals surface area contributed by atoms with Crippen LogP contribution in [0, 0.1) is 6.92 Å². The number of aryl methyl sites for hydroxylation is 1. The van der Waals surface area contributed by atoms with E-state index in [0.717, 1.165) is 29.0 Å². The van der Waals surface area contributed by atoms with E-state index in [1.54, 1.807) is 42.9 Å². The fourth-order valence-electron chi connectivity index (χ4n) is 9.42. The summed E-state index contributed by atoms with van der Waals surface area (Å²) in [7, 11) is 0. The number of allylic oxidation sites excluding steroid dienone is 4. The summed E-state index contributed by atoms with van der Waals surface area (Å²) >= 11 is 0. The molecule has 0 aromatic heterocycles. The molecule has 0 amide bonds. The third-order valence-corrected chi connectivity index (χ3v) is 14.7. The van der Waals surface area contributed by atoms with Crippen LogP contribution in [0.4, 0.5) is 11.4 Å². The molecular formula is C81H83N5O5. The SMILES string of the molecule is CC(C)(N/C=C\C(=O)c1ccccc1)c1ccccc1.Cc1cccc(Nc2ccccc2C(=O)c2ccccc2)c1.O=C(/C=C\NC1CC1)c1ccccc1.O=C(/C=C\NC1CCCCC1)c1ccccc1.O=C(/C=C\NCc1ccccc1)c1ccccc1. The number of benzene rings is 9. The van der Waals surface area contributed by atoms with Gasteiger partial charge in [0.05, 0.1) is 5.54 Å². The van der Waals surface area contributed by atoms with Crippen LogP contribution in [0.3, 0.4) is 0 Å². The molecule has 0 saturated heterocycles. The van der Waals surface area contributed by atoms with Crippen molar-refractivity contribution in [1.82, 2.24) is 21.3 Å². The quantitative estimate of drug-likeness (QED) is 0.0328. The molecule has 9 aromatic carbocycles. The lowest BCUT2D eigenvalue weighted by atomic mass is 9.94. The predicted molar refractivity (Wildman–Crippen MR) is 372 cm³/mol. The van der Waals surface area contributed by atoms with Crippen LogP contribution >= 0.6 is 0 Å². The number of para-hydroxylation sites is 1. The van der Waals surface area contributed by atoms with Crippen molar-refractivity contribution >= 4 is 40.3 Å². The monoisotopic (exact) mass is 1210 g/mol. The van der Waals surface area contributed by atoms with Gasteiger partial charge in [-0.3, -0.25) is 24.0 Å². The average Bonchev–Trinajstić information content (AvgIpc) is 3.00. The molecule has 0 bridgehead atoms. The van der Waals surface area contributed by atoms with Crippen molar-refractivity contribution in [3.05, 3.63) is 360 Å². The minimum atomic E-state index is -0.214. The van der Waals surface area contributed by atoms with Crippen molar-refractivity contribution in [2.75, 3.05) is 5.32 Å². The van der Waals surface area contributed by atoms with Gasteiger partial charge in [-0.2, -0.15) is 0 Å². The number of hydrogen-bond acceptors (Lipinski definition) is 10. The number of rotatable bonds is 22. The molecule has 2 saturated carbocycles. The van der Waals surface area contributed by atoms with E-state index in [0.29, 0.717) is 34.3 Å². The molecule has 0 radical (unpaired) electrons. The minimum absolute atomic E-state index is 0.00182. The first-order valence-corrected chi connectivity index (χ1v) is 31.1. The van der Waals surface area contributed by atoms with Gasteiger partial charge in [-0.05, 0) is 87.4 Å². The molecule has 0 aliphatic heterocycles. The Hall–Kier alpha value is -10.7. The molecule has 2 aliphatic rings. The molecule has 2 aliphatic carbocycles. The standard InChI is InChI=1S/C20H17NO.C18H19NO.C16H15NO.C15H19NO.C12H13NO/c1-15-8-7-11-17(14-15)21-19-13-6-5-12-18(19)20(22)16-9-3-2-4-10-16;1-18(2,16-11-7-4-8-12-16)19-14-13-17(20)15-9-5-3-6-10-15;18-16(15-9-5-2-6-10-15)11-12-17-13-14-7-3-1-4-8-14;17-15(13-7-3-1-4-8-13)11-12-16-14-9-5-2-6-10-14;14-12(8-9-13-11-6-7-11)10-4-2-1-3-5-10/h2-14,21H,1H3;3-14,19H,1-2H3;1-12,17H,13H2;1,3-4,7-8,11-12,14,16H,2,5-6,9-10H2;1-5,8-9,11,13H,6-7H2/b;14-13-;2*12-11-;9-8-. The van der Waals surface area contributed by atoms with Gasteiger partial charge in [-0.25, -0.2) is 0 Å². The van der Waals surface area contributed by atoms with Crippen LogP contribution in [-0.2, 0) is 12.1 Å². The van der Waals surface area contributed by atoms with Gasteiger partial charge in [0.25, 0.3) is 0 Å². The molecule has 0 unspecified atom stereocenters. The van der Waals surface area contributed by atoms with Crippen molar-refractivity contribution < 1.29 is 24.0 Å². The van der Waals surface area contributed by atoms with Crippen LogP contribution in [0.1, 0.15) is 133 Å². The lowest BCUT2D eigenvalue weighted by Crippen LogP contribution is -2.32. The normalized spacial score (nSPS) is 12.7. The third kappa shape index (κ3) is 25.1. The van der Waals surface area contributed by atoms with Gasteiger partial charge >= 0.3 is 0 Å². The summed E-state index contributed by atoms with van der Waals surface area (Å²) < 4.78 is 0. The number of carbonyl (C=O) groups excluding carboxylic acids is 5. The highest BCUT2D eigenvalue weighted by atomic mass is 16.1. The zero-order valence-electron chi connectivity index (χ0n) is 52.3. The fourth-order valence-corrected chi connectivity index (χ4v) is 9.42. The number of anilines is 2. The topological polar surface area (TPSA) is 146 Å². The highest BCUT2D eigenvalue weighted by Crippen LogP contribution is 2.25. The molecule has 5 N–H and O–H groups in total. The lowest BCUT2D eigenvalue weighted by Gasteiger charge is -2.25. The Morgan fingerprint density at radius 2 is 0.802 bits per heavy atom. The Morgan fingerprint density at radius 3 is 1.26 bits per heavy atom. The van der Waals surface area contributed by atoms with Gasteiger partial charge in [-0.1, -0.05) is 256 Å². The molecule has 0 heterocycles. The highest BCUT2D eigenvalue weighted by Gasteiger charge is 2.19. The molecule has 2 fully saturated rings. The van der Waals surface area contributed by atoms with Crippen LogP contribution in [0.25, 0.3) is 0 Å². The van der Waals surface area contributed by atoms with Crippen LogP contribution in [-0.4, -0.2) is 41.0 Å². The van der Waals surface area contributed by atoms with Gasteiger partial charge in [0.15, 0.2) is 28.9 Å². The van der Waals surface area contributed by atoms with E-state index in [1.807, 2.05) is 256 Å². The molecule has 0 atom stereocenters. The van der Waals surface area contributed by atoms with Gasteiger partial charge in [-0.15, -0.1) is 0 Å². The predicted octanol–water partition coefficient (Wildman–Crippen LogP) is 17.5. The first-order chi connectivity index (χ1) is 44.4. The maximum atomic E-state index is 12.7. The number of nitrogens with one attached hydrogen (secondary N) is 5. The molecule has 0 spiro atoms. The number of ketones is 5. The summed E-state index contributed by atoms with van der Waals surface area (Å²) in [5.41, 5.74) is 9.39. The zero-order valence-corrected chi connectivity index (χ0v) is 52.3. The summed E-state index contributed by atoms with van der Waals surface area (Å²) in [5, 5.41) is 16.2. The molecule has 11 rings (SSSR count). The smallest absolute Gasteiger partial charge is 0.195 e. The summed E-state index contributed by atoms with van der Waals surface area (Å²) in [6, 6.07) is 83.6. The first-order valence-electron chi connectivity index (χ1n) is 31.1.